The molecule has 20 heavy (non-hydrogen) atoms. The van der Waals surface area contributed by atoms with Crippen LogP contribution in [0.25, 0.3) is 0 Å². The highest BCUT2D eigenvalue weighted by molar-refractivity contribution is 5.01. The third-order valence-corrected chi connectivity index (χ3v) is 3.47. The predicted molar refractivity (Wildman–Crippen MR) is 70.9 cm³/mol. The highest BCUT2D eigenvalue weighted by Gasteiger charge is 2.54. The molecule has 2 aliphatic heterocycles. The van der Waals surface area contributed by atoms with Crippen molar-refractivity contribution in [1.29, 1.82) is 0 Å². The van der Waals surface area contributed by atoms with E-state index in [0.717, 1.165) is 0 Å². The molecule has 0 unspecified atom stereocenters. The smallest absolute Gasteiger partial charge is 0.164 e. The molecule has 0 amide bonds. The minimum absolute atomic E-state index is 0.189. The van der Waals surface area contributed by atoms with Crippen molar-refractivity contribution < 1.29 is 29.2 Å². The summed E-state index contributed by atoms with van der Waals surface area (Å²) in [5.74, 6) is -1.65. The van der Waals surface area contributed by atoms with E-state index >= 15 is 0 Å². The van der Waals surface area contributed by atoms with Crippen molar-refractivity contribution >= 4 is 0 Å². The lowest BCUT2D eigenvalue weighted by molar-refractivity contribution is -0.175. The summed E-state index contributed by atoms with van der Waals surface area (Å²) < 4.78 is 23.0. The average molecular weight is 288 g/mol. The van der Waals surface area contributed by atoms with Crippen LogP contribution >= 0.6 is 0 Å². The fraction of sp³-hybridized carbons (Fsp3) is 0.857. The number of aliphatic hydroxyl groups is 2. The molecule has 0 aromatic rings. The predicted octanol–water partition coefficient (Wildman–Crippen LogP) is 0.566. The van der Waals surface area contributed by atoms with E-state index in [1.165, 1.54) is 6.08 Å². The van der Waals surface area contributed by atoms with Gasteiger partial charge in [-0.3, -0.25) is 0 Å². The van der Waals surface area contributed by atoms with Crippen molar-refractivity contribution in [3.8, 4) is 0 Å². The third kappa shape index (κ3) is 3.05. The van der Waals surface area contributed by atoms with E-state index in [-0.39, 0.29) is 6.61 Å². The molecule has 2 rings (SSSR count). The van der Waals surface area contributed by atoms with E-state index in [9.17, 15) is 10.2 Å². The van der Waals surface area contributed by atoms with E-state index in [2.05, 4.69) is 6.58 Å². The van der Waals surface area contributed by atoms with Gasteiger partial charge < -0.3 is 29.2 Å². The molecule has 116 valence electrons. The first-order chi connectivity index (χ1) is 9.19. The Labute approximate surface area is 119 Å². The number of aliphatic hydroxyl groups excluding tert-OH is 2. The van der Waals surface area contributed by atoms with E-state index in [1.54, 1.807) is 27.7 Å². The standard InChI is InChI=1S/C14H24O6/c1-6-8(16)10-12(20-14(4,5)18-10)11-9(7-15)17-13(2,3)19-11/h6,8-12,15-16H,1,7H2,2-5H3/t8-,9+,10-,11+,12+/m0/s1. The molecule has 2 heterocycles. The Bertz CT molecular complexity index is 367. The molecule has 6 heteroatoms. The van der Waals surface area contributed by atoms with Gasteiger partial charge in [0.2, 0.25) is 0 Å². The Morgan fingerprint density at radius 3 is 2.15 bits per heavy atom. The lowest BCUT2D eigenvalue weighted by Gasteiger charge is -2.26. The topological polar surface area (TPSA) is 77.4 Å². The van der Waals surface area contributed by atoms with Gasteiger partial charge >= 0.3 is 0 Å². The Morgan fingerprint density at radius 2 is 1.60 bits per heavy atom. The van der Waals surface area contributed by atoms with Crippen molar-refractivity contribution in [3.05, 3.63) is 12.7 Å². The maximum Gasteiger partial charge on any atom is 0.164 e. The molecule has 0 aromatic carbocycles. The van der Waals surface area contributed by atoms with Crippen LogP contribution in [0.2, 0.25) is 0 Å². The van der Waals surface area contributed by atoms with Crippen molar-refractivity contribution in [1.82, 2.24) is 0 Å². The van der Waals surface area contributed by atoms with Gasteiger partial charge in [-0.25, -0.2) is 0 Å². The molecular formula is C14H24O6. The first-order valence-electron chi connectivity index (χ1n) is 6.82. The van der Waals surface area contributed by atoms with Crippen LogP contribution < -0.4 is 0 Å². The molecule has 0 radical (unpaired) electrons. The summed E-state index contributed by atoms with van der Waals surface area (Å²) in [6.45, 7) is 10.5. The average Bonchev–Trinajstić information content (AvgIpc) is 2.84. The maximum absolute atomic E-state index is 10.0. The minimum Gasteiger partial charge on any atom is -0.394 e. The molecule has 0 spiro atoms. The summed E-state index contributed by atoms with van der Waals surface area (Å²) >= 11 is 0. The van der Waals surface area contributed by atoms with Gasteiger partial charge in [-0.15, -0.1) is 6.58 Å². The number of hydrogen-bond donors (Lipinski definition) is 2. The molecule has 2 N–H and O–H groups in total. The normalized spacial score (nSPS) is 40.7. The quantitative estimate of drug-likeness (QED) is 0.736. The van der Waals surface area contributed by atoms with Gasteiger partial charge in [-0.2, -0.15) is 0 Å². The van der Waals surface area contributed by atoms with Gasteiger partial charge in [0.05, 0.1) is 6.61 Å². The second-order valence-electron chi connectivity index (χ2n) is 6.11. The summed E-state index contributed by atoms with van der Waals surface area (Å²) in [5.41, 5.74) is 0. The van der Waals surface area contributed by atoms with Gasteiger partial charge in [-0.05, 0) is 27.7 Å². The van der Waals surface area contributed by atoms with Crippen LogP contribution in [0.5, 0.6) is 0 Å². The van der Waals surface area contributed by atoms with E-state index in [1.807, 2.05) is 0 Å². The zero-order chi connectivity index (χ0) is 15.1. The summed E-state index contributed by atoms with van der Waals surface area (Å²) in [4.78, 5) is 0. The third-order valence-electron chi connectivity index (χ3n) is 3.47. The molecule has 0 bridgehead atoms. The fourth-order valence-corrected chi connectivity index (χ4v) is 2.75. The van der Waals surface area contributed by atoms with E-state index in [0.29, 0.717) is 0 Å². The van der Waals surface area contributed by atoms with Crippen LogP contribution in [-0.4, -0.2) is 58.9 Å². The van der Waals surface area contributed by atoms with Gasteiger partial charge in [0, 0.05) is 0 Å². The summed E-state index contributed by atoms with van der Waals surface area (Å²) in [6.07, 6.45) is -1.68. The van der Waals surface area contributed by atoms with Crippen LogP contribution in [0.4, 0.5) is 0 Å². The van der Waals surface area contributed by atoms with Gasteiger partial charge in [0.15, 0.2) is 11.6 Å². The van der Waals surface area contributed by atoms with Crippen molar-refractivity contribution in [2.75, 3.05) is 6.61 Å². The lowest BCUT2D eigenvalue weighted by Crippen LogP contribution is -2.46. The van der Waals surface area contributed by atoms with Crippen molar-refractivity contribution in [3.63, 3.8) is 0 Å². The second kappa shape index (κ2) is 5.36. The maximum atomic E-state index is 10.0. The molecule has 2 fully saturated rings. The van der Waals surface area contributed by atoms with Crippen LogP contribution in [0.1, 0.15) is 27.7 Å². The first-order valence-corrected chi connectivity index (χ1v) is 6.82. The monoisotopic (exact) mass is 288 g/mol. The molecule has 0 saturated carbocycles. The minimum atomic E-state index is -0.881. The summed E-state index contributed by atoms with van der Waals surface area (Å²) in [7, 11) is 0. The zero-order valence-corrected chi connectivity index (χ0v) is 12.4. The largest absolute Gasteiger partial charge is 0.394 e. The molecular weight excluding hydrogens is 264 g/mol. The fourth-order valence-electron chi connectivity index (χ4n) is 2.75. The Kier molecular flexibility index (Phi) is 4.26. The molecule has 2 saturated heterocycles. The number of hydrogen-bond acceptors (Lipinski definition) is 6. The van der Waals surface area contributed by atoms with E-state index < -0.39 is 42.1 Å². The van der Waals surface area contributed by atoms with Crippen LogP contribution in [-0.2, 0) is 18.9 Å². The molecule has 0 aromatic heterocycles. The van der Waals surface area contributed by atoms with Gasteiger partial charge in [0.1, 0.15) is 30.5 Å². The molecule has 5 atom stereocenters. The zero-order valence-electron chi connectivity index (χ0n) is 12.4. The Balaban J connectivity index is 2.22. The van der Waals surface area contributed by atoms with Crippen LogP contribution in [0.15, 0.2) is 12.7 Å². The van der Waals surface area contributed by atoms with Crippen molar-refractivity contribution in [2.45, 2.75) is 69.8 Å². The Hall–Kier alpha value is -0.500. The SMILES string of the molecule is C=C[C@H](O)[C@@H]1OC(C)(C)O[C@H]1[C@@H]1OC(C)(C)O[C@@H]1CO. The highest BCUT2D eigenvalue weighted by atomic mass is 16.8. The Morgan fingerprint density at radius 1 is 1.05 bits per heavy atom. The number of rotatable bonds is 4. The summed E-state index contributed by atoms with van der Waals surface area (Å²) in [5, 5.41) is 19.5. The molecule has 6 nitrogen and oxygen atoms in total. The van der Waals surface area contributed by atoms with Crippen LogP contribution in [0, 0.1) is 0 Å². The molecule has 2 aliphatic rings. The number of ether oxygens (including phenoxy) is 4. The summed E-state index contributed by atoms with van der Waals surface area (Å²) in [6, 6.07) is 0. The first kappa shape index (κ1) is 15.9. The second-order valence-corrected chi connectivity index (χ2v) is 6.11. The molecule has 0 aliphatic carbocycles. The lowest BCUT2D eigenvalue weighted by atomic mass is 9.99. The van der Waals surface area contributed by atoms with Crippen LogP contribution in [0.3, 0.4) is 0 Å². The van der Waals surface area contributed by atoms with Gasteiger partial charge in [-0.1, -0.05) is 6.08 Å². The van der Waals surface area contributed by atoms with Crippen molar-refractivity contribution in [2.24, 2.45) is 0 Å². The van der Waals surface area contributed by atoms with Gasteiger partial charge in [0.25, 0.3) is 0 Å². The highest BCUT2D eigenvalue weighted by Crippen LogP contribution is 2.39. The van der Waals surface area contributed by atoms with E-state index in [4.69, 9.17) is 18.9 Å².